The van der Waals surface area contributed by atoms with Crippen molar-refractivity contribution in [1.82, 2.24) is 10.6 Å². The third-order valence-corrected chi connectivity index (χ3v) is 4.95. The number of nitrogens with one attached hydrogen (secondary N) is 3. The molecule has 2 aromatic rings. The number of alkyl halides is 3. The summed E-state index contributed by atoms with van der Waals surface area (Å²) in [7, 11) is 1.38. The molecule has 0 aromatic heterocycles. The highest BCUT2D eigenvalue weighted by Gasteiger charge is 2.61. The summed E-state index contributed by atoms with van der Waals surface area (Å²) in [5.74, 6) is -0.586. The average molecular weight is 403 g/mol. The van der Waals surface area contributed by atoms with Gasteiger partial charge in [-0.15, -0.1) is 0 Å². The molecule has 1 unspecified atom stereocenters. The van der Waals surface area contributed by atoms with Gasteiger partial charge in [0.15, 0.2) is 0 Å². The van der Waals surface area contributed by atoms with Crippen molar-refractivity contribution >= 4 is 17.7 Å². The van der Waals surface area contributed by atoms with Gasteiger partial charge in [-0.2, -0.15) is 13.2 Å². The summed E-state index contributed by atoms with van der Waals surface area (Å²) in [5, 5.41) is 23.9. The van der Waals surface area contributed by atoms with Crippen molar-refractivity contribution in [3.05, 3.63) is 64.9 Å². The Bertz CT molecular complexity index is 1010. The van der Waals surface area contributed by atoms with Gasteiger partial charge in [-0.05, 0) is 30.2 Å². The minimum atomic E-state index is -5.01. The Morgan fingerprint density at radius 2 is 1.93 bits per heavy atom. The zero-order valence-electron chi connectivity index (χ0n) is 15.8. The second-order valence-corrected chi connectivity index (χ2v) is 6.58. The zero-order valence-corrected chi connectivity index (χ0v) is 15.8. The number of fused-ring (bicyclic) bond motifs is 3. The molecule has 5 nitrogen and oxygen atoms in total. The first-order valence-corrected chi connectivity index (χ1v) is 8.94. The first-order valence-electron chi connectivity index (χ1n) is 8.94. The summed E-state index contributed by atoms with van der Waals surface area (Å²) in [4.78, 5) is 12.6. The third kappa shape index (κ3) is 3.09. The molecule has 4 N–H and O–H groups in total. The van der Waals surface area contributed by atoms with Gasteiger partial charge in [-0.3, -0.25) is 4.79 Å². The lowest BCUT2D eigenvalue weighted by Gasteiger charge is -2.29. The number of hydrogen-bond donors (Lipinski definition) is 4. The lowest BCUT2D eigenvalue weighted by atomic mass is 9.87. The van der Waals surface area contributed by atoms with Gasteiger partial charge in [0.25, 0.3) is 5.91 Å². The molecule has 0 spiro atoms. The number of benzene rings is 2. The van der Waals surface area contributed by atoms with Crippen LogP contribution in [0.4, 0.5) is 13.2 Å². The van der Waals surface area contributed by atoms with Crippen LogP contribution in [0.3, 0.4) is 0 Å². The van der Waals surface area contributed by atoms with E-state index in [4.69, 9.17) is 5.41 Å². The molecule has 1 aliphatic carbocycles. The highest BCUT2D eigenvalue weighted by atomic mass is 19.4. The molecular formula is C21H20F3N3O2. The molecule has 152 valence electrons. The molecule has 29 heavy (non-hydrogen) atoms. The minimum Gasteiger partial charge on any atom is -0.391 e. The second kappa shape index (κ2) is 7.36. The van der Waals surface area contributed by atoms with E-state index >= 15 is 0 Å². The molecule has 0 radical (unpaired) electrons. The van der Waals surface area contributed by atoms with Gasteiger partial charge < -0.3 is 21.1 Å². The maximum absolute atomic E-state index is 14.1. The number of rotatable bonds is 5. The molecule has 0 saturated heterocycles. The average Bonchev–Trinajstić information content (AvgIpc) is 2.97. The van der Waals surface area contributed by atoms with Crippen LogP contribution < -0.4 is 10.6 Å². The predicted octanol–water partition coefficient (Wildman–Crippen LogP) is 3.42. The van der Waals surface area contributed by atoms with Crippen LogP contribution >= 0.6 is 0 Å². The summed E-state index contributed by atoms with van der Waals surface area (Å²) in [6.45, 7) is 2.37. The Hall–Kier alpha value is -3.13. The van der Waals surface area contributed by atoms with E-state index in [1.165, 1.54) is 43.6 Å². The van der Waals surface area contributed by atoms with Gasteiger partial charge in [0.1, 0.15) is 0 Å². The first-order chi connectivity index (χ1) is 13.7. The molecule has 0 saturated carbocycles. The quantitative estimate of drug-likeness (QED) is 0.577. The van der Waals surface area contributed by atoms with Crippen LogP contribution in [0.15, 0.2) is 42.6 Å². The van der Waals surface area contributed by atoms with Crippen LogP contribution in [0, 0.1) is 5.41 Å². The number of aliphatic hydroxyl groups is 1. The monoisotopic (exact) mass is 403 g/mol. The molecule has 0 heterocycles. The maximum atomic E-state index is 14.1. The summed E-state index contributed by atoms with van der Waals surface area (Å²) in [6, 6.07) is 8.27. The zero-order chi connectivity index (χ0) is 21.4. The van der Waals surface area contributed by atoms with Crippen LogP contribution in [0.2, 0.25) is 0 Å². The minimum absolute atomic E-state index is 0.00289. The van der Waals surface area contributed by atoms with Crippen LogP contribution in [0.25, 0.3) is 16.7 Å². The van der Waals surface area contributed by atoms with E-state index in [0.29, 0.717) is 6.54 Å². The predicted molar refractivity (Wildman–Crippen MR) is 105 cm³/mol. The number of carbonyl (C=O) groups excluding carboxylic acids is 1. The fourth-order valence-electron chi connectivity index (χ4n) is 3.59. The first kappa shape index (κ1) is 20.6. The summed E-state index contributed by atoms with van der Waals surface area (Å²) < 4.78 is 42.3. The molecule has 2 aromatic carbocycles. The number of hydrogen-bond acceptors (Lipinski definition) is 4. The van der Waals surface area contributed by atoms with Gasteiger partial charge in [0.2, 0.25) is 5.60 Å². The molecule has 1 aliphatic rings. The number of carbonyl (C=O) groups is 1. The topological polar surface area (TPSA) is 85.2 Å². The van der Waals surface area contributed by atoms with Gasteiger partial charge in [-0.1, -0.05) is 24.3 Å². The Labute approximate surface area is 165 Å². The smallest absolute Gasteiger partial charge is 0.391 e. The van der Waals surface area contributed by atoms with E-state index in [9.17, 15) is 23.1 Å². The SMILES string of the molecule is CCN/C=C(\C=N)c1cc(C(=O)NC)c2c(c1)C(O)(C(F)(F)F)c1ccccc1-2. The van der Waals surface area contributed by atoms with Crippen molar-refractivity contribution in [3.8, 4) is 11.1 Å². The molecule has 0 aliphatic heterocycles. The molecular weight excluding hydrogens is 383 g/mol. The van der Waals surface area contributed by atoms with Crippen molar-refractivity contribution in [2.75, 3.05) is 13.6 Å². The molecule has 1 atom stereocenters. The second-order valence-electron chi connectivity index (χ2n) is 6.58. The van der Waals surface area contributed by atoms with Crippen LogP contribution in [0.5, 0.6) is 0 Å². The van der Waals surface area contributed by atoms with E-state index < -0.39 is 23.2 Å². The number of amides is 1. The van der Waals surface area contributed by atoms with Crippen LogP contribution in [-0.2, 0) is 5.60 Å². The lowest BCUT2D eigenvalue weighted by Crippen LogP contribution is -2.41. The van der Waals surface area contributed by atoms with Gasteiger partial charge >= 0.3 is 6.18 Å². The van der Waals surface area contributed by atoms with Gasteiger partial charge in [-0.25, -0.2) is 0 Å². The lowest BCUT2D eigenvalue weighted by molar-refractivity contribution is -0.246. The number of halogens is 3. The van der Waals surface area contributed by atoms with E-state index in [-0.39, 0.29) is 33.4 Å². The summed E-state index contributed by atoms with van der Waals surface area (Å²) >= 11 is 0. The van der Waals surface area contributed by atoms with Crippen molar-refractivity contribution in [1.29, 1.82) is 5.41 Å². The number of allylic oxidation sites excluding steroid dienone is 1. The maximum Gasteiger partial charge on any atom is 0.425 e. The van der Waals surface area contributed by atoms with Crippen molar-refractivity contribution in [2.45, 2.75) is 18.7 Å². The normalized spacial score (nSPS) is 18.1. The van der Waals surface area contributed by atoms with E-state index in [0.717, 1.165) is 6.21 Å². The fraction of sp³-hybridized carbons (Fsp3) is 0.238. The Balaban J connectivity index is 2.43. The fourth-order valence-corrected chi connectivity index (χ4v) is 3.59. The summed E-state index contributed by atoms with van der Waals surface area (Å²) in [6.07, 6.45) is -2.55. The van der Waals surface area contributed by atoms with Crippen LogP contribution in [0.1, 0.15) is 34.0 Å². The summed E-state index contributed by atoms with van der Waals surface area (Å²) in [5.41, 5.74) is -3.33. The Kier molecular flexibility index (Phi) is 5.23. The molecule has 3 rings (SSSR count). The largest absolute Gasteiger partial charge is 0.425 e. The van der Waals surface area contributed by atoms with Crippen molar-refractivity contribution < 1.29 is 23.1 Å². The van der Waals surface area contributed by atoms with Crippen molar-refractivity contribution in [3.63, 3.8) is 0 Å². The van der Waals surface area contributed by atoms with E-state index in [1.54, 1.807) is 6.07 Å². The standard InChI is InChI=1S/C21H20F3N3O2/c1-3-27-11-13(10-25)12-8-15(19(28)26-2)18-14-6-4-5-7-16(14)20(29,17(18)9-12)21(22,23)24/h4-11,25,27,29H,3H2,1-2H3,(H,26,28)/b13-11+,25-10?. The Morgan fingerprint density at radius 1 is 1.24 bits per heavy atom. The van der Waals surface area contributed by atoms with Crippen LogP contribution in [-0.4, -0.2) is 37.0 Å². The van der Waals surface area contributed by atoms with Crippen molar-refractivity contribution in [2.24, 2.45) is 0 Å². The molecule has 1 amide bonds. The Morgan fingerprint density at radius 3 is 2.52 bits per heavy atom. The van der Waals surface area contributed by atoms with E-state index in [2.05, 4.69) is 10.6 Å². The van der Waals surface area contributed by atoms with E-state index in [1.807, 2.05) is 6.92 Å². The highest BCUT2D eigenvalue weighted by molar-refractivity contribution is 6.11. The van der Waals surface area contributed by atoms with Gasteiger partial charge in [0.05, 0.1) is 0 Å². The molecule has 0 bridgehead atoms. The molecule has 0 fully saturated rings. The molecule has 8 heteroatoms. The highest BCUT2D eigenvalue weighted by Crippen LogP contribution is 2.56. The third-order valence-electron chi connectivity index (χ3n) is 4.95. The van der Waals surface area contributed by atoms with Gasteiger partial charge in [0, 0.05) is 53.8 Å².